The lowest BCUT2D eigenvalue weighted by Gasteiger charge is -2.03. The van der Waals surface area contributed by atoms with Gasteiger partial charge in [-0.2, -0.15) is 0 Å². The van der Waals surface area contributed by atoms with Gasteiger partial charge in [-0.1, -0.05) is 30.3 Å². The molecule has 0 radical (unpaired) electrons. The minimum absolute atomic E-state index is 0.751. The third kappa shape index (κ3) is 1.70. The van der Waals surface area contributed by atoms with Crippen LogP contribution in [0, 0.1) is 6.92 Å². The first-order valence-electron chi connectivity index (χ1n) is 4.72. The summed E-state index contributed by atoms with van der Waals surface area (Å²) in [5, 5.41) is 0. The SMILES string of the molecule is COc1c(-c2ccccc2)sc(C)c1N. The summed E-state index contributed by atoms with van der Waals surface area (Å²) in [4.78, 5) is 2.21. The Morgan fingerprint density at radius 2 is 1.87 bits per heavy atom. The van der Waals surface area contributed by atoms with Gasteiger partial charge in [-0.15, -0.1) is 11.3 Å². The predicted octanol–water partition coefficient (Wildman–Crippen LogP) is 3.31. The molecular weight excluding hydrogens is 206 g/mol. The number of nitrogens with two attached hydrogens (primary N) is 1. The molecule has 78 valence electrons. The van der Waals surface area contributed by atoms with Crippen LogP contribution in [0.3, 0.4) is 0 Å². The Hall–Kier alpha value is -1.48. The quantitative estimate of drug-likeness (QED) is 0.841. The van der Waals surface area contributed by atoms with Gasteiger partial charge in [-0.3, -0.25) is 0 Å². The molecule has 1 heterocycles. The first-order chi connectivity index (χ1) is 7.24. The van der Waals surface area contributed by atoms with Crippen LogP contribution in [-0.2, 0) is 0 Å². The van der Waals surface area contributed by atoms with E-state index in [4.69, 9.17) is 10.5 Å². The molecule has 0 aliphatic rings. The summed E-state index contributed by atoms with van der Waals surface area (Å²) >= 11 is 1.67. The van der Waals surface area contributed by atoms with Gasteiger partial charge in [0.1, 0.15) is 0 Å². The smallest absolute Gasteiger partial charge is 0.160 e. The number of anilines is 1. The van der Waals surface area contributed by atoms with Gasteiger partial charge in [-0.05, 0) is 12.5 Å². The second kappa shape index (κ2) is 3.95. The number of nitrogen functional groups attached to an aromatic ring is 1. The van der Waals surface area contributed by atoms with Crippen LogP contribution in [0.25, 0.3) is 10.4 Å². The highest BCUT2D eigenvalue weighted by molar-refractivity contribution is 7.16. The lowest BCUT2D eigenvalue weighted by molar-refractivity contribution is 0.420. The average molecular weight is 219 g/mol. The molecule has 0 bridgehead atoms. The molecule has 2 aromatic rings. The standard InChI is InChI=1S/C12H13NOS/c1-8-10(13)11(14-2)12(15-8)9-6-4-3-5-7-9/h3-7H,13H2,1-2H3. The molecule has 1 aromatic carbocycles. The highest BCUT2D eigenvalue weighted by Gasteiger charge is 2.14. The van der Waals surface area contributed by atoms with Crippen LogP contribution >= 0.6 is 11.3 Å². The van der Waals surface area contributed by atoms with Gasteiger partial charge in [-0.25, -0.2) is 0 Å². The van der Waals surface area contributed by atoms with Gasteiger partial charge < -0.3 is 10.5 Å². The Morgan fingerprint density at radius 1 is 1.20 bits per heavy atom. The minimum atomic E-state index is 0.751. The molecule has 0 saturated carbocycles. The Labute approximate surface area is 93.3 Å². The van der Waals surface area contributed by atoms with Gasteiger partial charge in [0.05, 0.1) is 17.7 Å². The van der Waals surface area contributed by atoms with Crippen molar-refractivity contribution in [3.8, 4) is 16.2 Å². The monoisotopic (exact) mass is 219 g/mol. The van der Waals surface area contributed by atoms with E-state index in [0.29, 0.717) is 0 Å². The first-order valence-corrected chi connectivity index (χ1v) is 5.54. The number of hydrogen-bond acceptors (Lipinski definition) is 3. The molecule has 3 heteroatoms. The van der Waals surface area contributed by atoms with Gasteiger partial charge in [0.15, 0.2) is 5.75 Å². The van der Waals surface area contributed by atoms with E-state index in [1.165, 1.54) is 0 Å². The van der Waals surface area contributed by atoms with Crippen molar-refractivity contribution < 1.29 is 4.74 Å². The maximum atomic E-state index is 5.94. The zero-order valence-electron chi connectivity index (χ0n) is 8.78. The number of thiophene rings is 1. The lowest BCUT2D eigenvalue weighted by atomic mass is 10.2. The lowest BCUT2D eigenvalue weighted by Crippen LogP contribution is -1.90. The number of hydrogen-bond donors (Lipinski definition) is 1. The second-order valence-corrected chi connectivity index (χ2v) is 4.53. The normalized spacial score (nSPS) is 10.3. The average Bonchev–Trinajstić information content (AvgIpc) is 2.56. The van der Waals surface area contributed by atoms with E-state index in [0.717, 1.165) is 26.8 Å². The van der Waals surface area contributed by atoms with Crippen molar-refractivity contribution in [1.29, 1.82) is 0 Å². The van der Waals surface area contributed by atoms with E-state index in [2.05, 4.69) is 12.1 Å². The summed E-state index contributed by atoms with van der Waals surface area (Å²) in [5.41, 5.74) is 7.84. The zero-order chi connectivity index (χ0) is 10.8. The molecule has 0 atom stereocenters. The first kappa shape index (κ1) is 10.1. The Balaban J connectivity index is 2.58. The van der Waals surface area contributed by atoms with Crippen molar-refractivity contribution in [2.75, 3.05) is 12.8 Å². The summed E-state index contributed by atoms with van der Waals surface area (Å²) in [7, 11) is 1.66. The summed E-state index contributed by atoms with van der Waals surface area (Å²) in [6.07, 6.45) is 0. The third-order valence-electron chi connectivity index (χ3n) is 2.33. The van der Waals surface area contributed by atoms with E-state index in [1.54, 1.807) is 18.4 Å². The topological polar surface area (TPSA) is 35.2 Å². The highest BCUT2D eigenvalue weighted by atomic mass is 32.1. The number of rotatable bonds is 2. The fraction of sp³-hybridized carbons (Fsp3) is 0.167. The molecule has 2 N–H and O–H groups in total. The zero-order valence-corrected chi connectivity index (χ0v) is 9.60. The fourth-order valence-electron chi connectivity index (χ4n) is 1.52. The van der Waals surface area contributed by atoms with Crippen LogP contribution in [0.5, 0.6) is 5.75 Å². The van der Waals surface area contributed by atoms with Crippen molar-refractivity contribution in [2.24, 2.45) is 0 Å². The number of benzene rings is 1. The summed E-state index contributed by atoms with van der Waals surface area (Å²) in [6.45, 7) is 2.01. The largest absolute Gasteiger partial charge is 0.493 e. The Kier molecular flexibility index (Phi) is 2.64. The van der Waals surface area contributed by atoms with Crippen LogP contribution in [0.15, 0.2) is 30.3 Å². The Morgan fingerprint density at radius 3 is 2.47 bits per heavy atom. The summed E-state index contributed by atoms with van der Waals surface area (Å²) in [5.74, 6) is 0.795. The van der Waals surface area contributed by atoms with Crippen molar-refractivity contribution >= 4 is 17.0 Å². The number of methoxy groups -OCH3 is 1. The van der Waals surface area contributed by atoms with Crippen LogP contribution in [-0.4, -0.2) is 7.11 Å². The van der Waals surface area contributed by atoms with E-state index in [9.17, 15) is 0 Å². The molecule has 0 fully saturated rings. The van der Waals surface area contributed by atoms with Gasteiger partial charge >= 0.3 is 0 Å². The molecule has 0 amide bonds. The molecular formula is C12H13NOS. The molecule has 0 aliphatic carbocycles. The van der Waals surface area contributed by atoms with Gasteiger partial charge in [0.2, 0.25) is 0 Å². The van der Waals surface area contributed by atoms with Crippen molar-refractivity contribution in [2.45, 2.75) is 6.92 Å². The van der Waals surface area contributed by atoms with E-state index >= 15 is 0 Å². The van der Waals surface area contributed by atoms with Crippen molar-refractivity contribution in [3.63, 3.8) is 0 Å². The van der Waals surface area contributed by atoms with Crippen LogP contribution < -0.4 is 10.5 Å². The van der Waals surface area contributed by atoms with Crippen LogP contribution in [0.1, 0.15) is 4.88 Å². The summed E-state index contributed by atoms with van der Waals surface area (Å²) in [6, 6.07) is 10.2. The Bertz CT molecular complexity index is 462. The molecule has 0 aliphatic heterocycles. The third-order valence-corrected chi connectivity index (χ3v) is 3.48. The predicted molar refractivity (Wildman–Crippen MR) is 65.5 cm³/mol. The molecule has 0 unspecified atom stereocenters. The molecule has 0 spiro atoms. The van der Waals surface area contributed by atoms with Crippen molar-refractivity contribution in [1.82, 2.24) is 0 Å². The molecule has 2 nitrogen and oxygen atoms in total. The van der Waals surface area contributed by atoms with Gasteiger partial charge in [0.25, 0.3) is 0 Å². The van der Waals surface area contributed by atoms with E-state index < -0.39 is 0 Å². The van der Waals surface area contributed by atoms with Crippen LogP contribution in [0.2, 0.25) is 0 Å². The maximum absolute atomic E-state index is 5.94. The van der Waals surface area contributed by atoms with Gasteiger partial charge in [0, 0.05) is 4.88 Å². The minimum Gasteiger partial charge on any atom is -0.493 e. The fourth-order valence-corrected chi connectivity index (χ4v) is 2.57. The van der Waals surface area contributed by atoms with E-state index in [-0.39, 0.29) is 0 Å². The van der Waals surface area contributed by atoms with Crippen molar-refractivity contribution in [3.05, 3.63) is 35.2 Å². The molecule has 15 heavy (non-hydrogen) atoms. The maximum Gasteiger partial charge on any atom is 0.160 e. The summed E-state index contributed by atoms with van der Waals surface area (Å²) < 4.78 is 5.34. The number of aryl methyl sites for hydroxylation is 1. The second-order valence-electron chi connectivity index (χ2n) is 3.30. The number of ether oxygens (including phenoxy) is 1. The highest BCUT2D eigenvalue weighted by Crippen LogP contribution is 2.43. The molecule has 2 rings (SSSR count). The molecule has 0 saturated heterocycles. The van der Waals surface area contributed by atoms with E-state index in [1.807, 2.05) is 25.1 Å². The van der Waals surface area contributed by atoms with Crippen LogP contribution in [0.4, 0.5) is 5.69 Å². The molecule has 1 aromatic heterocycles.